The van der Waals surface area contributed by atoms with Crippen LogP contribution in [-0.4, -0.2) is 20.4 Å². The van der Waals surface area contributed by atoms with Crippen molar-refractivity contribution >= 4 is 21.6 Å². The van der Waals surface area contributed by atoms with Crippen LogP contribution in [0.5, 0.6) is 0 Å². The van der Waals surface area contributed by atoms with E-state index in [-0.39, 0.29) is 16.8 Å². The van der Waals surface area contributed by atoms with Crippen LogP contribution in [0.3, 0.4) is 0 Å². The number of sulfonamides is 1. The van der Waals surface area contributed by atoms with Gasteiger partial charge in [0, 0.05) is 17.3 Å². The predicted octanol–water partition coefficient (Wildman–Crippen LogP) is 4.47. The fourth-order valence-electron chi connectivity index (χ4n) is 3.39. The summed E-state index contributed by atoms with van der Waals surface area (Å²) in [5.41, 5.74) is 0.832. The van der Waals surface area contributed by atoms with Gasteiger partial charge >= 0.3 is 0 Å². The van der Waals surface area contributed by atoms with Gasteiger partial charge < -0.3 is 5.32 Å². The van der Waals surface area contributed by atoms with Gasteiger partial charge in [0.1, 0.15) is 5.82 Å². The lowest BCUT2D eigenvalue weighted by molar-refractivity contribution is 0.0930. The van der Waals surface area contributed by atoms with E-state index in [4.69, 9.17) is 0 Å². The van der Waals surface area contributed by atoms with E-state index >= 15 is 0 Å². The van der Waals surface area contributed by atoms with Gasteiger partial charge in [0.2, 0.25) is 0 Å². The third-order valence-electron chi connectivity index (χ3n) is 4.96. The number of rotatable bonds is 5. The van der Waals surface area contributed by atoms with Crippen LogP contribution in [0.1, 0.15) is 55.3 Å². The topological polar surface area (TPSA) is 75.3 Å². The van der Waals surface area contributed by atoms with Gasteiger partial charge in [-0.05, 0) is 61.4 Å². The molecular weight excluding hydrogens is 379 g/mol. The zero-order chi connectivity index (χ0) is 20.0. The summed E-state index contributed by atoms with van der Waals surface area (Å²) in [5.74, 6) is -0.642. The molecule has 1 amide bonds. The molecule has 0 unspecified atom stereocenters. The molecule has 2 aromatic rings. The molecule has 0 saturated heterocycles. The Hall–Kier alpha value is -2.41. The Kier molecular flexibility index (Phi) is 6.67. The first-order chi connectivity index (χ1) is 13.4. The molecular formula is C21H25FN2O3S. The van der Waals surface area contributed by atoms with Gasteiger partial charge in [-0.25, -0.2) is 12.8 Å². The highest BCUT2D eigenvalue weighted by atomic mass is 32.2. The number of carbonyl (C=O) groups is 1. The lowest BCUT2D eigenvalue weighted by Gasteiger charge is -2.21. The van der Waals surface area contributed by atoms with E-state index in [0.29, 0.717) is 11.3 Å². The van der Waals surface area contributed by atoms with Crippen LogP contribution in [-0.2, 0) is 10.0 Å². The van der Waals surface area contributed by atoms with E-state index in [1.165, 1.54) is 31.4 Å². The average Bonchev–Trinajstić information content (AvgIpc) is 2.64. The fourth-order valence-corrected chi connectivity index (χ4v) is 4.45. The second-order valence-electron chi connectivity index (χ2n) is 7.15. The molecule has 0 spiro atoms. The molecule has 1 fully saturated rings. The first kappa shape index (κ1) is 20.3. The van der Waals surface area contributed by atoms with Crippen molar-refractivity contribution in [3.8, 4) is 0 Å². The Bertz CT molecular complexity index is 888. The summed E-state index contributed by atoms with van der Waals surface area (Å²) in [7, 11) is -3.81. The summed E-state index contributed by atoms with van der Waals surface area (Å²) in [4.78, 5) is 12.4. The van der Waals surface area contributed by atoms with Crippen LogP contribution in [0.2, 0.25) is 0 Å². The molecule has 150 valence electrons. The molecule has 2 aromatic carbocycles. The maximum Gasteiger partial charge on any atom is 0.261 e. The number of hydrogen-bond donors (Lipinski definition) is 2. The van der Waals surface area contributed by atoms with Crippen molar-refractivity contribution in [2.75, 3.05) is 4.72 Å². The molecule has 3 rings (SSSR count). The van der Waals surface area contributed by atoms with Gasteiger partial charge in [-0.1, -0.05) is 32.1 Å². The smallest absolute Gasteiger partial charge is 0.261 e. The molecule has 28 heavy (non-hydrogen) atoms. The van der Waals surface area contributed by atoms with Gasteiger partial charge in [0.05, 0.1) is 4.90 Å². The minimum atomic E-state index is -3.81. The number of benzene rings is 2. The van der Waals surface area contributed by atoms with Crippen molar-refractivity contribution in [3.63, 3.8) is 0 Å². The minimum absolute atomic E-state index is 0.0278. The molecule has 0 aromatic heterocycles. The number of hydrogen-bond acceptors (Lipinski definition) is 3. The normalized spacial score (nSPS) is 16.0. The first-order valence-corrected chi connectivity index (χ1v) is 11.1. The third kappa shape index (κ3) is 5.55. The first-order valence-electron chi connectivity index (χ1n) is 9.63. The van der Waals surface area contributed by atoms with Crippen molar-refractivity contribution in [2.24, 2.45) is 0 Å². The third-order valence-corrected chi connectivity index (χ3v) is 6.36. The van der Waals surface area contributed by atoms with Gasteiger partial charge in [0.25, 0.3) is 15.9 Å². The Balaban J connectivity index is 1.62. The van der Waals surface area contributed by atoms with E-state index in [0.717, 1.165) is 37.8 Å². The summed E-state index contributed by atoms with van der Waals surface area (Å²) in [6, 6.07) is 11.1. The molecule has 0 atom stereocenters. The van der Waals surface area contributed by atoms with Crippen molar-refractivity contribution in [1.82, 2.24) is 5.32 Å². The second-order valence-corrected chi connectivity index (χ2v) is 8.83. The zero-order valence-corrected chi connectivity index (χ0v) is 16.5. The quantitative estimate of drug-likeness (QED) is 0.772. The Morgan fingerprint density at radius 2 is 1.43 bits per heavy atom. The molecule has 0 bridgehead atoms. The van der Waals surface area contributed by atoms with Gasteiger partial charge in [-0.3, -0.25) is 9.52 Å². The molecule has 1 saturated carbocycles. The largest absolute Gasteiger partial charge is 0.349 e. The average molecular weight is 405 g/mol. The summed E-state index contributed by atoms with van der Waals surface area (Å²) < 4.78 is 40.1. The van der Waals surface area contributed by atoms with Crippen LogP contribution < -0.4 is 10.0 Å². The van der Waals surface area contributed by atoms with E-state index in [1.54, 1.807) is 24.3 Å². The maximum absolute atomic E-state index is 13.0. The molecule has 1 aliphatic carbocycles. The number of anilines is 1. The maximum atomic E-state index is 13.0. The summed E-state index contributed by atoms with van der Waals surface area (Å²) in [6.07, 6.45) is 7.98. The molecule has 2 N–H and O–H groups in total. The van der Waals surface area contributed by atoms with Crippen LogP contribution in [0.25, 0.3) is 0 Å². The highest BCUT2D eigenvalue weighted by molar-refractivity contribution is 7.92. The van der Waals surface area contributed by atoms with E-state index in [9.17, 15) is 17.6 Å². The molecule has 5 nitrogen and oxygen atoms in total. The summed E-state index contributed by atoms with van der Waals surface area (Å²) >= 11 is 0. The monoisotopic (exact) mass is 404 g/mol. The minimum Gasteiger partial charge on any atom is -0.349 e. The highest BCUT2D eigenvalue weighted by Gasteiger charge is 2.17. The van der Waals surface area contributed by atoms with E-state index in [1.807, 2.05) is 0 Å². The standard InChI is InChI=1S/C21H25FN2O3S/c22-17-10-14-20(15-11-17)28(26,27)24-19-12-8-16(9-13-19)21(25)23-18-6-4-2-1-3-5-7-18/h8-15,18,24H,1-7H2,(H,23,25). The van der Waals surface area contributed by atoms with E-state index in [2.05, 4.69) is 10.0 Å². The fraction of sp³-hybridized carbons (Fsp3) is 0.381. The van der Waals surface area contributed by atoms with Gasteiger partial charge in [-0.15, -0.1) is 0 Å². The van der Waals surface area contributed by atoms with Gasteiger partial charge in [-0.2, -0.15) is 0 Å². The number of nitrogens with one attached hydrogen (secondary N) is 2. The lowest BCUT2D eigenvalue weighted by Crippen LogP contribution is -2.35. The SMILES string of the molecule is O=C(NC1CCCCCCC1)c1ccc(NS(=O)(=O)c2ccc(F)cc2)cc1. The number of halogens is 1. The summed E-state index contributed by atoms with van der Waals surface area (Å²) in [6.45, 7) is 0. The number of carbonyl (C=O) groups excluding carboxylic acids is 1. The summed E-state index contributed by atoms with van der Waals surface area (Å²) in [5, 5.41) is 3.09. The Morgan fingerprint density at radius 3 is 2.04 bits per heavy atom. The van der Waals surface area contributed by atoms with Gasteiger partial charge in [0.15, 0.2) is 0 Å². The molecule has 7 heteroatoms. The highest BCUT2D eigenvalue weighted by Crippen LogP contribution is 2.19. The molecule has 1 aliphatic rings. The lowest BCUT2D eigenvalue weighted by atomic mass is 9.96. The Labute approximate surface area is 165 Å². The van der Waals surface area contributed by atoms with Crippen molar-refractivity contribution < 1.29 is 17.6 Å². The van der Waals surface area contributed by atoms with Crippen LogP contribution >= 0.6 is 0 Å². The van der Waals surface area contributed by atoms with Crippen LogP contribution in [0.4, 0.5) is 10.1 Å². The predicted molar refractivity (Wildman–Crippen MR) is 107 cm³/mol. The zero-order valence-electron chi connectivity index (χ0n) is 15.7. The molecule has 0 radical (unpaired) electrons. The molecule has 0 aliphatic heterocycles. The second kappa shape index (κ2) is 9.19. The van der Waals surface area contributed by atoms with Crippen molar-refractivity contribution in [1.29, 1.82) is 0 Å². The van der Waals surface area contributed by atoms with E-state index < -0.39 is 15.8 Å². The Morgan fingerprint density at radius 1 is 0.857 bits per heavy atom. The number of amides is 1. The van der Waals surface area contributed by atoms with Crippen molar-refractivity contribution in [2.45, 2.75) is 55.9 Å². The van der Waals surface area contributed by atoms with Crippen molar-refractivity contribution in [3.05, 3.63) is 59.9 Å². The van der Waals surface area contributed by atoms with Crippen LogP contribution in [0, 0.1) is 5.82 Å². The van der Waals surface area contributed by atoms with Crippen LogP contribution in [0.15, 0.2) is 53.4 Å². The molecule has 0 heterocycles.